The molecule has 2 atom stereocenters. The topological polar surface area (TPSA) is 114 Å². The van der Waals surface area contributed by atoms with Crippen molar-refractivity contribution in [1.29, 1.82) is 0 Å². The van der Waals surface area contributed by atoms with Gasteiger partial charge in [-0.1, -0.05) is 44.2 Å². The van der Waals surface area contributed by atoms with Gasteiger partial charge in [0.1, 0.15) is 17.8 Å². The summed E-state index contributed by atoms with van der Waals surface area (Å²) in [6.45, 7) is 3.84. The van der Waals surface area contributed by atoms with Gasteiger partial charge >= 0.3 is 5.97 Å². The second kappa shape index (κ2) is 14.2. The van der Waals surface area contributed by atoms with Crippen molar-refractivity contribution in [2.75, 3.05) is 19.1 Å². The van der Waals surface area contributed by atoms with Gasteiger partial charge in [-0.25, -0.2) is 4.79 Å². The normalized spacial score (nSPS) is 13.1. The number of nitrogens with one attached hydrogen (secondary N) is 3. The van der Waals surface area contributed by atoms with E-state index in [4.69, 9.17) is 4.74 Å². The Balaban J connectivity index is 3.03. The number of rotatable bonds is 13. The Bertz CT molecular complexity index is 768. The summed E-state index contributed by atoms with van der Waals surface area (Å²) in [5.74, 6) is -0.920. The molecule has 3 N–H and O–H groups in total. The number of benzene rings is 1. The molecule has 1 rings (SSSR count). The van der Waals surface area contributed by atoms with E-state index in [2.05, 4.69) is 16.0 Å². The second-order valence-corrected chi connectivity index (χ2v) is 8.24. The third-order valence-corrected chi connectivity index (χ3v) is 4.95. The number of methoxy groups -OCH3 is 1. The van der Waals surface area contributed by atoms with E-state index in [0.29, 0.717) is 30.6 Å². The van der Waals surface area contributed by atoms with Gasteiger partial charge in [-0.2, -0.15) is 11.8 Å². The van der Waals surface area contributed by atoms with Crippen molar-refractivity contribution in [2.45, 2.75) is 38.8 Å². The number of carbonyl (C=O) groups is 4. The van der Waals surface area contributed by atoms with E-state index in [1.807, 2.05) is 26.2 Å². The molecule has 0 unspecified atom stereocenters. The Morgan fingerprint density at radius 1 is 1.10 bits per heavy atom. The van der Waals surface area contributed by atoms with E-state index < -0.39 is 29.9 Å². The van der Waals surface area contributed by atoms with Crippen molar-refractivity contribution in [3.8, 4) is 0 Å². The summed E-state index contributed by atoms with van der Waals surface area (Å²) in [6, 6.07) is 7.38. The molecule has 1 aromatic rings. The van der Waals surface area contributed by atoms with Gasteiger partial charge in [0.25, 0.3) is 0 Å². The van der Waals surface area contributed by atoms with E-state index in [0.717, 1.165) is 0 Å². The number of hydrogen-bond acceptors (Lipinski definition) is 6. The lowest BCUT2D eigenvalue weighted by atomic mass is 10.0. The van der Waals surface area contributed by atoms with Crippen LogP contribution in [0.2, 0.25) is 0 Å². The number of ether oxygens (including phenoxy) is 1. The molecule has 0 aliphatic heterocycles. The van der Waals surface area contributed by atoms with Crippen molar-refractivity contribution in [3.63, 3.8) is 0 Å². The Morgan fingerprint density at radius 2 is 1.77 bits per heavy atom. The quantitative estimate of drug-likeness (QED) is 0.240. The fraction of sp³-hybridized carbons (Fsp3) is 0.455. The average Bonchev–Trinajstić information content (AvgIpc) is 2.75. The number of amides is 3. The summed E-state index contributed by atoms with van der Waals surface area (Å²) >= 11 is 1.55. The molecule has 31 heavy (non-hydrogen) atoms. The highest BCUT2D eigenvalue weighted by atomic mass is 32.2. The minimum absolute atomic E-state index is 0.0355. The van der Waals surface area contributed by atoms with Gasteiger partial charge in [0.15, 0.2) is 0 Å². The Morgan fingerprint density at radius 3 is 2.32 bits per heavy atom. The van der Waals surface area contributed by atoms with Crippen molar-refractivity contribution in [2.24, 2.45) is 5.92 Å². The first-order valence-corrected chi connectivity index (χ1v) is 11.4. The van der Waals surface area contributed by atoms with Gasteiger partial charge in [-0.3, -0.25) is 14.4 Å². The van der Waals surface area contributed by atoms with Crippen LogP contribution in [0.1, 0.15) is 32.3 Å². The summed E-state index contributed by atoms with van der Waals surface area (Å²) in [4.78, 5) is 48.7. The maximum atomic E-state index is 13.0. The first kappa shape index (κ1) is 26.2. The van der Waals surface area contributed by atoms with Crippen LogP contribution in [-0.4, -0.2) is 55.4 Å². The summed E-state index contributed by atoms with van der Waals surface area (Å²) in [7, 11) is 1.22. The smallest absolute Gasteiger partial charge is 0.354 e. The lowest BCUT2D eigenvalue weighted by molar-refractivity contribution is -0.138. The number of esters is 1. The zero-order valence-corrected chi connectivity index (χ0v) is 19.2. The highest BCUT2D eigenvalue weighted by Crippen LogP contribution is 2.10. The predicted octanol–water partition coefficient (Wildman–Crippen LogP) is 1.72. The zero-order chi connectivity index (χ0) is 23.2. The first-order valence-electron chi connectivity index (χ1n) is 9.97. The van der Waals surface area contributed by atoms with Crippen LogP contribution in [0.4, 0.5) is 0 Å². The fourth-order valence-electron chi connectivity index (χ4n) is 2.77. The molecule has 0 aliphatic rings. The molecule has 170 valence electrons. The minimum atomic E-state index is -0.887. The molecule has 0 saturated heterocycles. The van der Waals surface area contributed by atoms with Gasteiger partial charge in [0.05, 0.1) is 7.11 Å². The maximum absolute atomic E-state index is 13.0. The van der Waals surface area contributed by atoms with E-state index in [-0.39, 0.29) is 11.6 Å². The SMILES string of the molecule is COC(=O)/C(=C/c1ccccc1)NC(=O)[C@H](CC(C)C)NC(=O)[C@H](CCSC)NC=O. The van der Waals surface area contributed by atoms with Crippen LogP contribution in [0.15, 0.2) is 36.0 Å². The molecular formula is C22H31N3O5S. The maximum Gasteiger partial charge on any atom is 0.354 e. The van der Waals surface area contributed by atoms with Crippen LogP contribution < -0.4 is 16.0 Å². The average molecular weight is 450 g/mol. The van der Waals surface area contributed by atoms with Gasteiger partial charge in [0, 0.05) is 0 Å². The molecule has 0 aromatic heterocycles. The third kappa shape index (κ3) is 9.69. The van der Waals surface area contributed by atoms with Crippen LogP contribution in [-0.2, 0) is 23.9 Å². The molecule has 0 bridgehead atoms. The zero-order valence-electron chi connectivity index (χ0n) is 18.3. The number of thioether (sulfide) groups is 1. The van der Waals surface area contributed by atoms with Crippen LogP contribution in [0, 0.1) is 5.92 Å². The van der Waals surface area contributed by atoms with Crippen LogP contribution in [0.5, 0.6) is 0 Å². The molecule has 0 aliphatic carbocycles. The summed E-state index contributed by atoms with van der Waals surface area (Å²) in [5.41, 5.74) is 0.673. The molecular weight excluding hydrogens is 418 g/mol. The molecule has 0 saturated carbocycles. The van der Waals surface area contributed by atoms with Crippen molar-refractivity contribution in [1.82, 2.24) is 16.0 Å². The Labute approximate surface area is 187 Å². The van der Waals surface area contributed by atoms with Crippen molar-refractivity contribution in [3.05, 3.63) is 41.6 Å². The van der Waals surface area contributed by atoms with E-state index in [1.165, 1.54) is 13.2 Å². The highest BCUT2D eigenvalue weighted by Gasteiger charge is 2.27. The molecule has 9 heteroatoms. The molecule has 0 heterocycles. The standard InChI is InChI=1S/C22H31N3O5S/c1-15(2)12-18(24-20(27)17(23-14-26)10-11-31-4)21(28)25-19(22(29)30-3)13-16-8-6-5-7-9-16/h5-9,13-15,17-18H,10-12H2,1-4H3,(H,23,26)(H,24,27)(H,25,28)/b19-13-/t17-,18-/m0/s1. The number of carbonyl (C=O) groups excluding carboxylic acids is 4. The molecule has 1 aromatic carbocycles. The minimum Gasteiger partial charge on any atom is -0.464 e. The molecule has 3 amide bonds. The van der Waals surface area contributed by atoms with E-state index in [1.54, 1.807) is 36.0 Å². The first-order chi connectivity index (χ1) is 14.8. The summed E-state index contributed by atoms with van der Waals surface area (Å²) in [5, 5.41) is 7.78. The van der Waals surface area contributed by atoms with Crippen molar-refractivity contribution < 1.29 is 23.9 Å². The van der Waals surface area contributed by atoms with Gasteiger partial charge in [0.2, 0.25) is 18.2 Å². The lowest BCUT2D eigenvalue weighted by Crippen LogP contribution is -2.53. The monoisotopic (exact) mass is 449 g/mol. The Hall–Kier alpha value is -2.81. The molecule has 8 nitrogen and oxygen atoms in total. The van der Waals surface area contributed by atoms with E-state index >= 15 is 0 Å². The van der Waals surface area contributed by atoms with Crippen LogP contribution in [0.25, 0.3) is 6.08 Å². The predicted molar refractivity (Wildman–Crippen MR) is 122 cm³/mol. The summed E-state index contributed by atoms with van der Waals surface area (Å²) < 4.78 is 4.78. The van der Waals surface area contributed by atoms with Gasteiger partial charge in [-0.15, -0.1) is 0 Å². The second-order valence-electron chi connectivity index (χ2n) is 7.26. The highest BCUT2D eigenvalue weighted by molar-refractivity contribution is 7.98. The van der Waals surface area contributed by atoms with E-state index in [9.17, 15) is 19.2 Å². The van der Waals surface area contributed by atoms with Gasteiger partial charge in [-0.05, 0) is 42.4 Å². The van der Waals surface area contributed by atoms with Crippen LogP contribution >= 0.6 is 11.8 Å². The third-order valence-electron chi connectivity index (χ3n) is 4.31. The van der Waals surface area contributed by atoms with Crippen molar-refractivity contribution >= 4 is 42.0 Å². The lowest BCUT2D eigenvalue weighted by Gasteiger charge is -2.23. The van der Waals surface area contributed by atoms with Crippen LogP contribution in [0.3, 0.4) is 0 Å². The molecule has 0 radical (unpaired) electrons. The Kier molecular flexibility index (Phi) is 12.0. The fourth-order valence-corrected chi connectivity index (χ4v) is 3.25. The summed E-state index contributed by atoms with van der Waals surface area (Å²) in [6.07, 6.45) is 4.67. The van der Waals surface area contributed by atoms with Gasteiger partial charge < -0.3 is 20.7 Å². The molecule has 0 spiro atoms. The largest absolute Gasteiger partial charge is 0.464 e. The molecule has 0 fully saturated rings. The number of hydrogen-bond donors (Lipinski definition) is 3.